The summed E-state index contributed by atoms with van der Waals surface area (Å²) in [6.45, 7) is 2.17. The fourth-order valence-corrected chi connectivity index (χ4v) is 2.93. The van der Waals surface area contributed by atoms with Crippen LogP contribution in [0.5, 0.6) is 0 Å². The van der Waals surface area contributed by atoms with Crippen LogP contribution in [0.3, 0.4) is 0 Å². The third-order valence-electron chi connectivity index (χ3n) is 2.76. The zero-order valence-corrected chi connectivity index (χ0v) is 12.5. The van der Waals surface area contributed by atoms with E-state index in [1.165, 1.54) is 13.0 Å². The highest BCUT2D eigenvalue weighted by Crippen LogP contribution is 2.28. The number of halogens is 2. The van der Waals surface area contributed by atoms with Crippen molar-refractivity contribution in [3.05, 3.63) is 16.5 Å². The number of hydrogen-bond donors (Lipinski definition) is 0. The lowest BCUT2D eigenvalue weighted by Crippen LogP contribution is -2.34. The summed E-state index contributed by atoms with van der Waals surface area (Å²) >= 11 is 11.6. The van der Waals surface area contributed by atoms with Crippen molar-refractivity contribution < 1.29 is 12.6 Å². The van der Waals surface area contributed by atoms with Gasteiger partial charge in [0.05, 0.1) is 5.75 Å². The molecule has 2 rings (SSSR count). The van der Waals surface area contributed by atoms with Crippen molar-refractivity contribution in [2.45, 2.75) is 26.0 Å². The van der Waals surface area contributed by atoms with Crippen molar-refractivity contribution >= 4 is 39.1 Å². The third-order valence-corrected chi connectivity index (χ3v) is 4.34. The van der Waals surface area contributed by atoms with Gasteiger partial charge in [-0.1, -0.05) is 11.6 Å². The number of anilines is 1. The van der Waals surface area contributed by atoms with Gasteiger partial charge in [0.25, 0.3) is 10.1 Å². The van der Waals surface area contributed by atoms with Gasteiger partial charge in [-0.2, -0.15) is 8.42 Å². The predicted octanol–water partition coefficient (Wildman–Crippen LogP) is 2.08. The number of nitrogens with zero attached hydrogens (tertiary/aromatic N) is 3. The van der Waals surface area contributed by atoms with Crippen LogP contribution in [0.1, 0.15) is 19.8 Å². The quantitative estimate of drug-likeness (QED) is 0.479. The summed E-state index contributed by atoms with van der Waals surface area (Å²) in [7, 11) is -3.52. The van der Waals surface area contributed by atoms with Crippen LogP contribution < -0.4 is 4.90 Å². The van der Waals surface area contributed by atoms with Gasteiger partial charge in [0.1, 0.15) is 17.2 Å². The van der Waals surface area contributed by atoms with Gasteiger partial charge in [0.2, 0.25) is 5.28 Å². The molecule has 1 aromatic rings. The number of rotatable bonds is 4. The summed E-state index contributed by atoms with van der Waals surface area (Å²) in [6, 6.07) is 1.54. The summed E-state index contributed by atoms with van der Waals surface area (Å²) in [5.74, 6) is 0.404. The molecular weight excluding hydrogens is 313 g/mol. The molecule has 0 radical (unpaired) electrons. The monoisotopic (exact) mass is 325 g/mol. The maximum Gasteiger partial charge on any atom is 0.269 e. The van der Waals surface area contributed by atoms with E-state index in [9.17, 15) is 8.42 Å². The average Bonchev–Trinajstić information content (AvgIpc) is 2.75. The van der Waals surface area contributed by atoms with Crippen molar-refractivity contribution in [3.8, 4) is 0 Å². The number of aromatic nitrogens is 2. The molecule has 106 valence electrons. The molecule has 0 amide bonds. The summed E-state index contributed by atoms with van der Waals surface area (Å²) in [5, 5.41) is 0.227. The molecule has 1 atom stereocenters. The zero-order chi connectivity index (χ0) is 14.0. The minimum atomic E-state index is -3.52. The van der Waals surface area contributed by atoms with E-state index in [-0.39, 0.29) is 16.2 Å². The molecule has 0 aliphatic carbocycles. The Labute approximate surface area is 121 Å². The van der Waals surface area contributed by atoms with Gasteiger partial charge in [-0.3, -0.25) is 0 Å². The first-order valence-electron chi connectivity index (χ1n) is 5.79. The average molecular weight is 326 g/mol. The first kappa shape index (κ1) is 14.8. The Morgan fingerprint density at radius 1 is 1.47 bits per heavy atom. The van der Waals surface area contributed by atoms with E-state index in [1.807, 2.05) is 0 Å². The molecule has 1 aromatic heterocycles. The maximum absolute atomic E-state index is 11.5. The van der Waals surface area contributed by atoms with Gasteiger partial charge in [0, 0.05) is 12.6 Å². The summed E-state index contributed by atoms with van der Waals surface area (Å²) in [4.78, 5) is 9.53. The second-order valence-corrected chi connectivity index (χ2v) is 6.66. The minimum absolute atomic E-state index is 0.0199. The molecule has 1 fully saturated rings. The highest BCUT2D eigenvalue weighted by Gasteiger charge is 2.30. The molecule has 0 aromatic carbocycles. The molecule has 19 heavy (non-hydrogen) atoms. The van der Waals surface area contributed by atoms with Gasteiger partial charge in [-0.15, -0.1) is 0 Å². The maximum atomic E-state index is 11.5. The first-order valence-corrected chi connectivity index (χ1v) is 8.12. The molecule has 1 aliphatic rings. The first-order chi connectivity index (χ1) is 8.91. The van der Waals surface area contributed by atoms with Crippen molar-refractivity contribution in [1.29, 1.82) is 0 Å². The third kappa shape index (κ3) is 3.68. The molecule has 0 unspecified atom stereocenters. The van der Waals surface area contributed by atoms with Crippen LogP contribution in [0.25, 0.3) is 0 Å². The smallest absolute Gasteiger partial charge is 0.269 e. The topological polar surface area (TPSA) is 72.4 Å². The zero-order valence-electron chi connectivity index (χ0n) is 10.2. The Morgan fingerprint density at radius 3 is 2.84 bits per heavy atom. The van der Waals surface area contributed by atoms with Crippen LogP contribution in [0.4, 0.5) is 5.82 Å². The second-order valence-electron chi connectivity index (χ2n) is 4.05. The highest BCUT2D eigenvalue weighted by molar-refractivity contribution is 7.86. The van der Waals surface area contributed by atoms with Crippen LogP contribution in [-0.4, -0.2) is 36.9 Å². The van der Waals surface area contributed by atoms with Crippen LogP contribution in [0.15, 0.2) is 6.07 Å². The van der Waals surface area contributed by atoms with Crippen LogP contribution in [0, 0.1) is 0 Å². The SMILES string of the molecule is CCS(=O)(=O)O[C@@H]1CCCN1c1cc(Cl)nc(Cl)n1. The van der Waals surface area contributed by atoms with E-state index in [0.717, 1.165) is 6.42 Å². The fourth-order valence-electron chi connectivity index (χ4n) is 1.86. The van der Waals surface area contributed by atoms with E-state index in [0.29, 0.717) is 18.8 Å². The standard InChI is InChI=1S/C10H13Cl2N3O3S/c1-2-19(16,17)18-9-4-3-5-15(9)8-6-7(11)13-10(12)14-8/h6,9H,2-5H2,1H3/t9-/m1/s1. The lowest BCUT2D eigenvalue weighted by Gasteiger charge is -2.24. The lowest BCUT2D eigenvalue weighted by atomic mass is 10.4. The molecule has 6 nitrogen and oxygen atoms in total. The molecule has 2 heterocycles. The molecular formula is C10H13Cl2N3O3S. The van der Waals surface area contributed by atoms with Crippen molar-refractivity contribution in [2.75, 3.05) is 17.2 Å². The molecule has 0 spiro atoms. The normalized spacial score (nSPS) is 19.9. The van der Waals surface area contributed by atoms with Gasteiger partial charge in [-0.25, -0.2) is 14.2 Å². The fraction of sp³-hybridized carbons (Fsp3) is 0.600. The van der Waals surface area contributed by atoms with E-state index in [4.69, 9.17) is 27.4 Å². The van der Waals surface area contributed by atoms with Crippen LogP contribution >= 0.6 is 23.2 Å². The minimum Gasteiger partial charge on any atom is -0.330 e. The van der Waals surface area contributed by atoms with Crippen molar-refractivity contribution in [1.82, 2.24) is 9.97 Å². The van der Waals surface area contributed by atoms with Crippen LogP contribution in [-0.2, 0) is 14.3 Å². The molecule has 0 N–H and O–H groups in total. The summed E-state index contributed by atoms with van der Waals surface area (Å²) < 4.78 is 28.2. The number of hydrogen-bond acceptors (Lipinski definition) is 6. The summed E-state index contributed by atoms with van der Waals surface area (Å²) in [5.41, 5.74) is 0. The summed E-state index contributed by atoms with van der Waals surface area (Å²) in [6.07, 6.45) is 0.855. The molecule has 9 heteroatoms. The Bertz CT molecular complexity index is 547. The molecule has 0 bridgehead atoms. The van der Waals surface area contributed by atoms with E-state index >= 15 is 0 Å². The Balaban J connectivity index is 2.23. The lowest BCUT2D eigenvalue weighted by molar-refractivity contribution is 0.219. The van der Waals surface area contributed by atoms with Gasteiger partial charge >= 0.3 is 0 Å². The van der Waals surface area contributed by atoms with Gasteiger partial charge < -0.3 is 4.90 Å². The Hall–Kier alpha value is -0.630. The second kappa shape index (κ2) is 5.78. The Kier molecular flexibility index (Phi) is 4.50. The molecule has 0 saturated carbocycles. The molecule has 1 aliphatic heterocycles. The van der Waals surface area contributed by atoms with E-state index in [2.05, 4.69) is 9.97 Å². The highest BCUT2D eigenvalue weighted by atomic mass is 35.5. The van der Waals surface area contributed by atoms with Crippen molar-refractivity contribution in [2.24, 2.45) is 0 Å². The van der Waals surface area contributed by atoms with Gasteiger partial charge in [0.15, 0.2) is 0 Å². The van der Waals surface area contributed by atoms with E-state index < -0.39 is 16.3 Å². The van der Waals surface area contributed by atoms with Crippen LogP contribution in [0.2, 0.25) is 10.4 Å². The largest absolute Gasteiger partial charge is 0.330 e. The molecule has 1 saturated heterocycles. The van der Waals surface area contributed by atoms with Crippen molar-refractivity contribution in [3.63, 3.8) is 0 Å². The van der Waals surface area contributed by atoms with E-state index in [1.54, 1.807) is 4.90 Å². The Morgan fingerprint density at radius 2 is 2.21 bits per heavy atom. The predicted molar refractivity (Wildman–Crippen MR) is 73.0 cm³/mol. The van der Waals surface area contributed by atoms with Gasteiger partial charge in [-0.05, 0) is 31.4 Å².